The van der Waals surface area contributed by atoms with E-state index in [1.54, 1.807) is 6.07 Å². The Morgan fingerprint density at radius 3 is 2.57 bits per heavy atom. The van der Waals surface area contributed by atoms with E-state index in [0.717, 1.165) is 15.6 Å². The topological polar surface area (TPSA) is 32.7 Å². The Labute approximate surface area is 133 Å². The summed E-state index contributed by atoms with van der Waals surface area (Å²) < 4.78 is 7.17. The molecule has 0 amide bonds. The van der Waals surface area contributed by atoms with Crippen LogP contribution in [0.5, 0.6) is 5.75 Å². The first-order valence-corrected chi connectivity index (χ1v) is 7.78. The Balaban J connectivity index is 1.94. The highest BCUT2D eigenvalue weighted by atomic mass is 79.9. The maximum atomic E-state index is 10.1. The van der Waals surface area contributed by atoms with Gasteiger partial charge in [0.2, 0.25) is 0 Å². The van der Waals surface area contributed by atoms with E-state index in [9.17, 15) is 5.11 Å². The number of nitrogens with zero attached hydrogens (tertiary/aromatic N) is 1. The van der Waals surface area contributed by atoms with E-state index in [0.29, 0.717) is 0 Å². The van der Waals surface area contributed by atoms with Gasteiger partial charge in [-0.3, -0.25) is 4.90 Å². The fourth-order valence-corrected chi connectivity index (χ4v) is 3.17. The molecule has 1 saturated heterocycles. The van der Waals surface area contributed by atoms with Gasteiger partial charge in [0.1, 0.15) is 18.1 Å². The molecule has 1 unspecified atom stereocenters. The Hall–Kier alpha value is -1.36. The molecule has 2 aromatic carbocycles. The first kappa shape index (κ1) is 14.6. The molecular formula is C17H18BrNO2. The number of halogens is 1. The van der Waals surface area contributed by atoms with E-state index >= 15 is 0 Å². The molecule has 3 rings (SSSR count). The number of phenols is 1. The standard InChI is InChI=1S/C17H18BrNO2/c1-11-16(12-6-4-3-5-7-12)21-17(19(11)2)14-10-13(18)8-9-15(14)20/h3-11,16-17,20H,1-2H3/t11-,16-,17?/m1/s1. The minimum Gasteiger partial charge on any atom is -0.508 e. The quantitative estimate of drug-likeness (QED) is 0.881. The van der Waals surface area contributed by atoms with Gasteiger partial charge >= 0.3 is 0 Å². The zero-order valence-electron chi connectivity index (χ0n) is 12.0. The number of hydrogen-bond acceptors (Lipinski definition) is 3. The van der Waals surface area contributed by atoms with E-state index in [1.165, 1.54) is 0 Å². The van der Waals surface area contributed by atoms with Gasteiger partial charge in [0.05, 0.1) is 0 Å². The van der Waals surface area contributed by atoms with Crippen molar-refractivity contribution in [3.05, 3.63) is 64.1 Å². The third-order valence-electron chi connectivity index (χ3n) is 4.11. The molecule has 0 saturated carbocycles. The highest BCUT2D eigenvalue weighted by Crippen LogP contribution is 2.43. The Kier molecular flexibility index (Phi) is 4.02. The molecule has 2 aromatic rings. The molecule has 0 bridgehead atoms. The highest BCUT2D eigenvalue weighted by Gasteiger charge is 2.39. The van der Waals surface area contributed by atoms with Crippen LogP contribution in [0.3, 0.4) is 0 Å². The second kappa shape index (κ2) is 5.79. The van der Waals surface area contributed by atoms with Gasteiger partial charge < -0.3 is 9.84 Å². The number of rotatable bonds is 2. The molecule has 4 heteroatoms. The van der Waals surface area contributed by atoms with Crippen molar-refractivity contribution in [3.63, 3.8) is 0 Å². The molecule has 1 aliphatic heterocycles. The lowest BCUT2D eigenvalue weighted by Gasteiger charge is -2.22. The van der Waals surface area contributed by atoms with E-state index < -0.39 is 0 Å². The summed E-state index contributed by atoms with van der Waals surface area (Å²) in [6.07, 6.45) is -0.248. The van der Waals surface area contributed by atoms with Crippen LogP contribution in [-0.2, 0) is 4.74 Å². The highest BCUT2D eigenvalue weighted by molar-refractivity contribution is 9.10. The molecule has 0 spiro atoms. The van der Waals surface area contributed by atoms with Crippen molar-refractivity contribution >= 4 is 15.9 Å². The van der Waals surface area contributed by atoms with Crippen LogP contribution in [0.4, 0.5) is 0 Å². The first-order chi connectivity index (χ1) is 10.1. The summed E-state index contributed by atoms with van der Waals surface area (Å²) >= 11 is 3.45. The van der Waals surface area contributed by atoms with Crippen LogP contribution in [0.15, 0.2) is 53.0 Å². The average Bonchev–Trinajstić information content (AvgIpc) is 2.79. The number of aromatic hydroxyl groups is 1. The van der Waals surface area contributed by atoms with Gasteiger partial charge in [-0.15, -0.1) is 0 Å². The summed E-state index contributed by atoms with van der Waals surface area (Å²) in [5.74, 6) is 0.260. The predicted molar refractivity (Wildman–Crippen MR) is 86.0 cm³/mol. The minimum atomic E-state index is -0.247. The average molecular weight is 348 g/mol. The lowest BCUT2D eigenvalue weighted by Crippen LogP contribution is -2.27. The molecule has 0 aliphatic carbocycles. The molecule has 110 valence electrons. The van der Waals surface area contributed by atoms with Crippen LogP contribution >= 0.6 is 15.9 Å². The normalized spacial score (nSPS) is 26.1. The largest absolute Gasteiger partial charge is 0.508 e. The Morgan fingerprint density at radius 2 is 1.86 bits per heavy atom. The van der Waals surface area contributed by atoms with Gasteiger partial charge in [-0.05, 0) is 37.7 Å². The molecule has 0 radical (unpaired) electrons. The lowest BCUT2D eigenvalue weighted by molar-refractivity contribution is 0.00414. The number of ether oxygens (including phenoxy) is 1. The van der Waals surface area contributed by atoms with Crippen molar-refractivity contribution in [2.45, 2.75) is 25.3 Å². The third-order valence-corrected chi connectivity index (χ3v) is 4.60. The monoisotopic (exact) mass is 347 g/mol. The van der Waals surface area contributed by atoms with Gasteiger partial charge in [-0.1, -0.05) is 46.3 Å². The van der Waals surface area contributed by atoms with E-state index in [2.05, 4.69) is 39.9 Å². The number of hydrogen-bond donors (Lipinski definition) is 1. The Morgan fingerprint density at radius 1 is 1.14 bits per heavy atom. The predicted octanol–water partition coefficient (Wildman–Crippen LogP) is 4.25. The molecule has 1 fully saturated rings. The summed E-state index contributed by atoms with van der Waals surface area (Å²) in [6, 6.07) is 15.9. The number of benzene rings is 2. The van der Waals surface area contributed by atoms with Crippen molar-refractivity contribution in [1.82, 2.24) is 4.90 Å². The van der Waals surface area contributed by atoms with E-state index in [-0.39, 0.29) is 24.1 Å². The molecule has 3 nitrogen and oxygen atoms in total. The lowest BCUT2D eigenvalue weighted by atomic mass is 10.0. The van der Waals surface area contributed by atoms with Crippen molar-refractivity contribution < 1.29 is 9.84 Å². The first-order valence-electron chi connectivity index (χ1n) is 6.98. The van der Waals surface area contributed by atoms with Crippen molar-refractivity contribution in [1.29, 1.82) is 0 Å². The summed E-state index contributed by atoms with van der Waals surface area (Å²) in [5, 5.41) is 10.1. The summed E-state index contributed by atoms with van der Waals surface area (Å²) in [7, 11) is 2.03. The number of likely N-dealkylation sites (N-methyl/N-ethyl adjacent to an activating group) is 1. The fraction of sp³-hybridized carbons (Fsp3) is 0.294. The fourth-order valence-electron chi connectivity index (χ4n) is 2.79. The van der Waals surface area contributed by atoms with Crippen molar-refractivity contribution in [3.8, 4) is 5.75 Å². The van der Waals surface area contributed by atoms with Gasteiger partial charge in [-0.25, -0.2) is 0 Å². The maximum absolute atomic E-state index is 10.1. The van der Waals surface area contributed by atoms with Gasteiger partial charge in [-0.2, -0.15) is 0 Å². The van der Waals surface area contributed by atoms with Gasteiger partial charge in [0.25, 0.3) is 0 Å². The molecule has 0 aromatic heterocycles. The second-order valence-corrected chi connectivity index (χ2v) is 6.34. The van der Waals surface area contributed by atoms with Crippen LogP contribution in [0.1, 0.15) is 30.4 Å². The van der Waals surface area contributed by atoms with Crippen molar-refractivity contribution in [2.24, 2.45) is 0 Å². The van der Waals surface area contributed by atoms with E-state index in [4.69, 9.17) is 4.74 Å². The molecule has 21 heavy (non-hydrogen) atoms. The maximum Gasteiger partial charge on any atom is 0.141 e. The van der Waals surface area contributed by atoms with Gasteiger partial charge in [0.15, 0.2) is 0 Å². The van der Waals surface area contributed by atoms with Crippen LogP contribution in [0, 0.1) is 0 Å². The summed E-state index contributed by atoms with van der Waals surface area (Å²) in [5.41, 5.74) is 1.95. The van der Waals surface area contributed by atoms with Crippen molar-refractivity contribution in [2.75, 3.05) is 7.05 Å². The third kappa shape index (κ3) is 2.71. The summed E-state index contributed by atoms with van der Waals surface area (Å²) in [6.45, 7) is 2.15. The molecule has 1 N–H and O–H groups in total. The molecule has 1 heterocycles. The van der Waals surface area contributed by atoms with Crippen LogP contribution in [-0.4, -0.2) is 23.1 Å². The van der Waals surface area contributed by atoms with Gasteiger partial charge in [0, 0.05) is 16.1 Å². The number of phenolic OH excluding ortho intramolecular Hbond substituents is 1. The van der Waals surface area contributed by atoms with Crippen LogP contribution in [0.25, 0.3) is 0 Å². The van der Waals surface area contributed by atoms with Crippen LogP contribution < -0.4 is 0 Å². The van der Waals surface area contributed by atoms with E-state index in [1.807, 2.05) is 37.4 Å². The molecule has 3 atom stereocenters. The molecule has 1 aliphatic rings. The second-order valence-electron chi connectivity index (χ2n) is 5.43. The summed E-state index contributed by atoms with van der Waals surface area (Å²) in [4.78, 5) is 2.15. The Bertz CT molecular complexity index is 632. The minimum absolute atomic E-state index is 0.000387. The molecular weight excluding hydrogens is 330 g/mol. The van der Waals surface area contributed by atoms with Crippen LogP contribution in [0.2, 0.25) is 0 Å². The zero-order chi connectivity index (χ0) is 15.0. The SMILES string of the molecule is C[C@@H]1[C@H](c2ccccc2)OC(c2cc(Br)ccc2O)N1C. The smallest absolute Gasteiger partial charge is 0.141 e. The zero-order valence-corrected chi connectivity index (χ0v) is 13.6.